The lowest BCUT2D eigenvalue weighted by atomic mass is 10.2. The Kier molecular flexibility index (Phi) is 5.69. The third-order valence-electron chi connectivity index (χ3n) is 2.48. The van der Waals surface area contributed by atoms with E-state index in [1.165, 1.54) is 0 Å². The number of nitrogens with one attached hydrogen (secondary N) is 2. The number of hydrogen-bond acceptors (Lipinski definition) is 5. The van der Waals surface area contributed by atoms with Crippen molar-refractivity contribution in [3.63, 3.8) is 0 Å². The second-order valence-electron chi connectivity index (χ2n) is 3.98. The molecular weight excluding hydrogens is 216 g/mol. The van der Waals surface area contributed by atoms with E-state index in [9.17, 15) is 0 Å². The van der Waals surface area contributed by atoms with E-state index in [1.807, 2.05) is 20.8 Å². The Bertz CT molecular complexity index is 355. The summed E-state index contributed by atoms with van der Waals surface area (Å²) < 4.78 is 0. The summed E-state index contributed by atoms with van der Waals surface area (Å²) in [6.07, 6.45) is 1.76. The molecule has 1 heterocycles. The van der Waals surface area contributed by atoms with Gasteiger partial charge in [-0.3, -0.25) is 0 Å². The molecule has 17 heavy (non-hydrogen) atoms. The van der Waals surface area contributed by atoms with Gasteiger partial charge in [0.25, 0.3) is 0 Å². The number of unbranched alkanes of at least 4 members (excludes halogenated alkanes) is 1. The number of aliphatic hydroxyl groups excluding tert-OH is 1. The van der Waals surface area contributed by atoms with Gasteiger partial charge in [-0.25, -0.2) is 9.97 Å². The number of aryl methyl sites for hydroxylation is 1. The van der Waals surface area contributed by atoms with Gasteiger partial charge in [0.1, 0.15) is 17.5 Å². The minimum Gasteiger partial charge on any atom is -0.396 e. The topological polar surface area (TPSA) is 70.1 Å². The summed E-state index contributed by atoms with van der Waals surface area (Å²) in [6, 6.07) is 0. The first-order valence-electron chi connectivity index (χ1n) is 6.12. The van der Waals surface area contributed by atoms with Gasteiger partial charge < -0.3 is 15.7 Å². The molecule has 0 amide bonds. The van der Waals surface area contributed by atoms with Crippen LogP contribution in [0.2, 0.25) is 0 Å². The number of nitrogens with zero attached hydrogens (tertiary/aromatic N) is 2. The molecule has 0 fully saturated rings. The predicted molar refractivity (Wildman–Crippen MR) is 70.5 cm³/mol. The summed E-state index contributed by atoms with van der Waals surface area (Å²) in [7, 11) is 0. The second kappa shape index (κ2) is 7.06. The Morgan fingerprint density at radius 1 is 1.06 bits per heavy atom. The summed E-state index contributed by atoms with van der Waals surface area (Å²) in [5.74, 6) is 2.53. The minimum atomic E-state index is 0.242. The highest BCUT2D eigenvalue weighted by Gasteiger charge is 2.07. The summed E-state index contributed by atoms with van der Waals surface area (Å²) in [5, 5.41) is 15.2. The number of aliphatic hydroxyl groups is 1. The van der Waals surface area contributed by atoms with Crippen molar-refractivity contribution in [2.24, 2.45) is 0 Å². The maximum atomic E-state index is 8.71. The molecule has 0 aliphatic carbocycles. The Morgan fingerprint density at radius 2 is 1.71 bits per heavy atom. The zero-order chi connectivity index (χ0) is 12.7. The van der Waals surface area contributed by atoms with Crippen molar-refractivity contribution in [3.05, 3.63) is 11.4 Å². The van der Waals surface area contributed by atoms with E-state index < -0.39 is 0 Å². The van der Waals surface area contributed by atoms with Crippen LogP contribution in [0.4, 0.5) is 11.6 Å². The molecule has 0 aliphatic heterocycles. The molecule has 0 aromatic carbocycles. The zero-order valence-corrected chi connectivity index (χ0v) is 10.9. The SMILES string of the molecule is CCNc1nc(C)nc(NCCCCO)c1C. The summed E-state index contributed by atoms with van der Waals surface area (Å²) >= 11 is 0. The van der Waals surface area contributed by atoms with Gasteiger partial charge in [-0.2, -0.15) is 0 Å². The molecule has 1 aromatic heterocycles. The lowest BCUT2D eigenvalue weighted by Crippen LogP contribution is -2.11. The van der Waals surface area contributed by atoms with Gasteiger partial charge in [-0.05, 0) is 33.6 Å². The first kappa shape index (κ1) is 13.7. The van der Waals surface area contributed by atoms with Crippen molar-refractivity contribution in [2.45, 2.75) is 33.6 Å². The van der Waals surface area contributed by atoms with Crippen LogP contribution < -0.4 is 10.6 Å². The van der Waals surface area contributed by atoms with Crippen LogP contribution in [-0.4, -0.2) is 34.8 Å². The molecule has 0 unspecified atom stereocenters. The second-order valence-corrected chi connectivity index (χ2v) is 3.98. The van der Waals surface area contributed by atoms with Crippen LogP contribution >= 0.6 is 0 Å². The van der Waals surface area contributed by atoms with Gasteiger partial charge in [0.05, 0.1) is 0 Å². The van der Waals surface area contributed by atoms with Gasteiger partial charge in [0, 0.05) is 25.3 Å². The normalized spacial score (nSPS) is 10.4. The smallest absolute Gasteiger partial charge is 0.134 e. The van der Waals surface area contributed by atoms with Gasteiger partial charge in [-0.15, -0.1) is 0 Å². The third-order valence-corrected chi connectivity index (χ3v) is 2.48. The van der Waals surface area contributed by atoms with Crippen LogP contribution in [0.3, 0.4) is 0 Å². The Hall–Kier alpha value is -1.36. The predicted octanol–water partition coefficient (Wildman–Crippen LogP) is 1.71. The monoisotopic (exact) mass is 238 g/mol. The van der Waals surface area contributed by atoms with Crippen LogP contribution in [0, 0.1) is 13.8 Å². The number of aromatic nitrogens is 2. The summed E-state index contributed by atoms with van der Waals surface area (Å²) in [6.45, 7) is 7.85. The van der Waals surface area contributed by atoms with Crippen molar-refractivity contribution < 1.29 is 5.11 Å². The average molecular weight is 238 g/mol. The highest BCUT2D eigenvalue weighted by Crippen LogP contribution is 2.19. The lowest BCUT2D eigenvalue weighted by Gasteiger charge is -2.13. The fourth-order valence-electron chi connectivity index (χ4n) is 1.58. The largest absolute Gasteiger partial charge is 0.396 e. The van der Waals surface area contributed by atoms with Crippen LogP contribution in [-0.2, 0) is 0 Å². The van der Waals surface area contributed by atoms with Crippen LogP contribution in [0.5, 0.6) is 0 Å². The minimum absolute atomic E-state index is 0.242. The lowest BCUT2D eigenvalue weighted by molar-refractivity contribution is 0.286. The third kappa shape index (κ3) is 4.19. The maximum Gasteiger partial charge on any atom is 0.134 e. The maximum absolute atomic E-state index is 8.71. The molecule has 1 rings (SSSR count). The van der Waals surface area contributed by atoms with E-state index in [4.69, 9.17) is 5.11 Å². The number of rotatable bonds is 7. The van der Waals surface area contributed by atoms with Gasteiger partial charge >= 0.3 is 0 Å². The van der Waals surface area contributed by atoms with E-state index in [-0.39, 0.29) is 6.61 Å². The summed E-state index contributed by atoms with van der Waals surface area (Å²) in [5.41, 5.74) is 1.04. The van der Waals surface area contributed by atoms with Crippen molar-refractivity contribution in [3.8, 4) is 0 Å². The van der Waals surface area contributed by atoms with E-state index in [1.54, 1.807) is 0 Å². The quantitative estimate of drug-likeness (QED) is 0.631. The van der Waals surface area contributed by atoms with Gasteiger partial charge in [0.2, 0.25) is 0 Å². The van der Waals surface area contributed by atoms with Crippen LogP contribution in [0.1, 0.15) is 31.2 Å². The van der Waals surface area contributed by atoms with Crippen LogP contribution in [0.15, 0.2) is 0 Å². The molecule has 5 nitrogen and oxygen atoms in total. The van der Waals surface area contributed by atoms with Gasteiger partial charge in [0.15, 0.2) is 0 Å². The molecule has 0 radical (unpaired) electrons. The standard InChI is InChI=1S/C12H22N4O/c1-4-13-11-9(2)12(16-10(3)15-11)14-7-5-6-8-17/h17H,4-8H2,1-3H3,(H2,13,14,15,16). The molecule has 0 saturated heterocycles. The zero-order valence-electron chi connectivity index (χ0n) is 10.9. The molecule has 96 valence electrons. The Balaban J connectivity index is 2.69. The fourth-order valence-corrected chi connectivity index (χ4v) is 1.58. The molecule has 0 spiro atoms. The Morgan fingerprint density at radius 3 is 2.29 bits per heavy atom. The van der Waals surface area contributed by atoms with Crippen molar-refractivity contribution >= 4 is 11.6 Å². The molecular formula is C12H22N4O. The average Bonchev–Trinajstić information content (AvgIpc) is 2.30. The van der Waals surface area contributed by atoms with E-state index in [2.05, 4.69) is 20.6 Å². The number of anilines is 2. The molecule has 0 aliphatic rings. The van der Waals surface area contributed by atoms with Crippen molar-refractivity contribution in [2.75, 3.05) is 30.3 Å². The summed E-state index contributed by atoms with van der Waals surface area (Å²) in [4.78, 5) is 8.75. The van der Waals surface area contributed by atoms with Crippen LogP contribution in [0.25, 0.3) is 0 Å². The van der Waals surface area contributed by atoms with E-state index >= 15 is 0 Å². The first-order chi connectivity index (χ1) is 8.19. The molecule has 0 saturated carbocycles. The molecule has 0 bridgehead atoms. The highest BCUT2D eigenvalue weighted by molar-refractivity contribution is 5.57. The van der Waals surface area contributed by atoms with Gasteiger partial charge in [-0.1, -0.05) is 0 Å². The van der Waals surface area contributed by atoms with E-state index in [0.717, 1.165) is 49.0 Å². The van der Waals surface area contributed by atoms with Crippen molar-refractivity contribution in [1.82, 2.24) is 9.97 Å². The molecule has 3 N–H and O–H groups in total. The first-order valence-corrected chi connectivity index (χ1v) is 6.12. The van der Waals surface area contributed by atoms with E-state index in [0.29, 0.717) is 0 Å². The molecule has 5 heteroatoms. The molecule has 1 aromatic rings. The fraction of sp³-hybridized carbons (Fsp3) is 0.667. The highest BCUT2D eigenvalue weighted by atomic mass is 16.2. The number of hydrogen-bond donors (Lipinski definition) is 3. The molecule has 0 atom stereocenters. The van der Waals surface area contributed by atoms with Crippen molar-refractivity contribution in [1.29, 1.82) is 0 Å². The Labute approximate surface area is 103 Å².